The maximum Gasteiger partial charge on any atom is 0.251 e. The number of rotatable bonds is 8. The van der Waals surface area contributed by atoms with Gasteiger partial charge in [0.2, 0.25) is 0 Å². The van der Waals surface area contributed by atoms with Gasteiger partial charge in [-0.15, -0.1) is 0 Å². The zero-order valence-corrected chi connectivity index (χ0v) is 18.9. The van der Waals surface area contributed by atoms with Crippen molar-refractivity contribution in [3.8, 4) is 17.2 Å². The molecule has 0 spiro atoms. The summed E-state index contributed by atoms with van der Waals surface area (Å²) in [5, 5.41) is 9.71. The van der Waals surface area contributed by atoms with E-state index in [2.05, 4.69) is 16.0 Å². The van der Waals surface area contributed by atoms with E-state index in [1.807, 2.05) is 49.4 Å². The van der Waals surface area contributed by atoms with E-state index >= 15 is 0 Å². The van der Waals surface area contributed by atoms with Crippen LogP contribution in [-0.2, 0) is 11.2 Å². The number of carbonyl (C=O) groups excluding carboxylic acids is 1. The first-order chi connectivity index (χ1) is 15.0. The summed E-state index contributed by atoms with van der Waals surface area (Å²) in [5.74, 6) is 1.93. The molecule has 2 aromatic carbocycles. The van der Waals surface area contributed by atoms with Crippen molar-refractivity contribution in [1.82, 2.24) is 16.0 Å². The molecule has 8 heteroatoms. The second-order valence-electron chi connectivity index (χ2n) is 7.03. The predicted molar refractivity (Wildman–Crippen MR) is 124 cm³/mol. The molecule has 0 fully saturated rings. The van der Waals surface area contributed by atoms with Gasteiger partial charge >= 0.3 is 0 Å². The van der Waals surface area contributed by atoms with E-state index in [-0.39, 0.29) is 5.91 Å². The number of allylic oxidation sites excluding steroid dienone is 1. The Morgan fingerprint density at radius 3 is 2.35 bits per heavy atom. The summed E-state index contributed by atoms with van der Waals surface area (Å²) in [4.78, 5) is 13.2. The molecule has 1 aliphatic rings. The topological polar surface area (TPSA) is 80.9 Å². The molecule has 0 bridgehead atoms. The van der Waals surface area contributed by atoms with Crippen molar-refractivity contribution in [2.24, 2.45) is 0 Å². The highest BCUT2D eigenvalue weighted by molar-refractivity contribution is 7.80. The van der Waals surface area contributed by atoms with Crippen LogP contribution in [0.2, 0.25) is 0 Å². The van der Waals surface area contributed by atoms with Crippen LogP contribution in [0.25, 0.3) is 0 Å². The van der Waals surface area contributed by atoms with Gasteiger partial charge in [0, 0.05) is 17.8 Å². The van der Waals surface area contributed by atoms with E-state index in [1.54, 1.807) is 21.3 Å². The third-order valence-electron chi connectivity index (χ3n) is 5.12. The Bertz CT molecular complexity index is 989. The van der Waals surface area contributed by atoms with Crippen LogP contribution < -0.4 is 30.2 Å². The fourth-order valence-electron chi connectivity index (χ4n) is 3.50. The molecule has 3 N–H and O–H groups in total. The van der Waals surface area contributed by atoms with E-state index in [0.717, 1.165) is 16.9 Å². The molecule has 1 atom stereocenters. The lowest BCUT2D eigenvalue weighted by Gasteiger charge is -2.31. The van der Waals surface area contributed by atoms with E-state index < -0.39 is 6.04 Å². The van der Waals surface area contributed by atoms with E-state index in [1.165, 1.54) is 0 Å². The van der Waals surface area contributed by atoms with Crippen molar-refractivity contribution in [2.75, 3.05) is 27.9 Å². The van der Waals surface area contributed by atoms with Gasteiger partial charge in [-0.05, 0) is 61.5 Å². The number of ether oxygens (including phenoxy) is 3. The second kappa shape index (κ2) is 10.2. The number of hydrogen-bond acceptors (Lipinski definition) is 5. The minimum Gasteiger partial charge on any atom is -0.497 e. The minimum atomic E-state index is -0.472. The predicted octanol–water partition coefficient (Wildman–Crippen LogP) is 2.86. The lowest BCUT2D eigenvalue weighted by molar-refractivity contribution is -0.117. The molecule has 31 heavy (non-hydrogen) atoms. The highest BCUT2D eigenvalue weighted by Gasteiger charge is 2.32. The van der Waals surface area contributed by atoms with Gasteiger partial charge in [0.25, 0.3) is 5.91 Å². The molecule has 1 aliphatic heterocycles. The summed E-state index contributed by atoms with van der Waals surface area (Å²) in [7, 11) is 4.83. The number of amides is 1. The Kier molecular flexibility index (Phi) is 7.36. The minimum absolute atomic E-state index is 0.177. The average Bonchev–Trinajstić information content (AvgIpc) is 2.78. The number of hydrogen-bond donors (Lipinski definition) is 3. The van der Waals surface area contributed by atoms with Gasteiger partial charge in [-0.1, -0.05) is 12.1 Å². The Hall–Kier alpha value is -3.26. The molecule has 0 aliphatic carbocycles. The Labute approximate surface area is 187 Å². The molecule has 0 aromatic heterocycles. The first-order valence-electron chi connectivity index (χ1n) is 9.88. The summed E-state index contributed by atoms with van der Waals surface area (Å²) in [5.41, 5.74) is 3.12. The molecule has 1 amide bonds. The summed E-state index contributed by atoms with van der Waals surface area (Å²) >= 11 is 5.34. The van der Waals surface area contributed by atoms with E-state index in [9.17, 15) is 4.79 Å². The highest BCUT2D eigenvalue weighted by Crippen LogP contribution is 2.35. The standard InChI is InChI=1S/C23H27N3O4S/c1-14-20(22(27)24-12-11-15-5-7-16(28-2)8-6-15)21(26-23(31)25-14)18-13-17(29-3)9-10-19(18)30-4/h5-10,13,21H,11-12H2,1-4H3,(H,24,27)(H2,25,26,31). The third kappa shape index (κ3) is 5.27. The van der Waals surface area contributed by atoms with Crippen LogP contribution in [0.1, 0.15) is 24.1 Å². The van der Waals surface area contributed by atoms with E-state index in [0.29, 0.717) is 40.8 Å². The van der Waals surface area contributed by atoms with Crippen LogP contribution in [-0.4, -0.2) is 38.9 Å². The maximum absolute atomic E-state index is 13.2. The highest BCUT2D eigenvalue weighted by atomic mass is 32.1. The van der Waals surface area contributed by atoms with Gasteiger partial charge in [-0.2, -0.15) is 0 Å². The van der Waals surface area contributed by atoms with Crippen molar-refractivity contribution in [1.29, 1.82) is 0 Å². The maximum atomic E-state index is 13.2. The monoisotopic (exact) mass is 441 g/mol. The SMILES string of the molecule is COc1ccc(CCNC(=O)C2=C(C)NC(=S)NC2c2cc(OC)ccc2OC)cc1. The molecule has 7 nitrogen and oxygen atoms in total. The van der Waals surface area contributed by atoms with Gasteiger partial charge < -0.3 is 30.2 Å². The van der Waals surface area contributed by atoms with E-state index in [4.69, 9.17) is 26.4 Å². The second-order valence-corrected chi connectivity index (χ2v) is 7.44. The molecule has 0 radical (unpaired) electrons. The summed E-state index contributed by atoms with van der Waals surface area (Å²) < 4.78 is 16.1. The Morgan fingerprint density at radius 1 is 1.03 bits per heavy atom. The molecular weight excluding hydrogens is 414 g/mol. The lowest BCUT2D eigenvalue weighted by atomic mass is 9.94. The van der Waals surface area contributed by atoms with Crippen LogP contribution in [0.15, 0.2) is 53.7 Å². The number of carbonyl (C=O) groups is 1. The zero-order valence-electron chi connectivity index (χ0n) is 18.1. The van der Waals surface area contributed by atoms with Crippen LogP contribution in [0.3, 0.4) is 0 Å². The van der Waals surface area contributed by atoms with Crippen molar-refractivity contribution in [3.05, 3.63) is 64.9 Å². The molecule has 164 valence electrons. The average molecular weight is 442 g/mol. The van der Waals surface area contributed by atoms with Crippen molar-refractivity contribution >= 4 is 23.2 Å². The zero-order chi connectivity index (χ0) is 22.4. The van der Waals surface area contributed by atoms with Gasteiger partial charge in [-0.25, -0.2) is 0 Å². The number of thiocarbonyl (C=S) groups is 1. The molecule has 0 saturated heterocycles. The molecule has 0 saturated carbocycles. The Balaban J connectivity index is 1.80. The van der Waals surface area contributed by atoms with Crippen LogP contribution >= 0.6 is 12.2 Å². The number of methoxy groups -OCH3 is 3. The van der Waals surface area contributed by atoms with Crippen LogP contribution in [0.4, 0.5) is 0 Å². The van der Waals surface area contributed by atoms with Gasteiger partial charge in [0.1, 0.15) is 17.2 Å². The first kappa shape index (κ1) is 22.4. The van der Waals surface area contributed by atoms with Gasteiger partial charge in [0.05, 0.1) is 32.9 Å². The largest absolute Gasteiger partial charge is 0.497 e. The molecule has 1 unspecified atom stereocenters. The van der Waals surface area contributed by atoms with Crippen molar-refractivity contribution in [2.45, 2.75) is 19.4 Å². The number of nitrogens with one attached hydrogen (secondary N) is 3. The van der Waals surface area contributed by atoms with Gasteiger partial charge in [0.15, 0.2) is 5.11 Å². The normalized spacial score (nSPS) is 15.6. The molecule has 2 aromatic rings. The smallest absolute Gasteiger partial charge is 0.251 e. The Morgan fingerprint density at radius 2 is 1.71 bits per heavy atom. The fourth-order valence-corrected chi connectivity index (χ4v) is 3.77. The first-order valence-corrected chi connectivity index (χ1v) is 10.3. The lowest BCUT2D eigenvalue weighted by Crippen LogP contribution is -2.47. The molecular formula is C23H27N3O4S. The quantitative estimate of drug-likeness (QED) is 0.544. The van der Waals surface area contributed by atoms with Gasteiger partial charge in [-0.3, -0.25) is 4.79 Å². The van der Waals surface area contributed by atoms with Crippen LogP contribution in [0, 0.1) is 0 Å². The number of benzene rings is 2. The fraction of sp³-hybridized carbons (Fsp3) is 0.304. The summed E-state index contributed by atoms with van der Waals surface area (Å²) in [6.45, 7) is 2.33. The third-order valence-corrected chi connectivity index (χ3v) is 5.34. The van der Waals surface area contributed by atoms with Crippen molar-refractivity contribution in [3.63, 3.8) is 0 Å². The molecule has 3 rings (SSSR count). The summed E-state index contributed by atoms with van der Waals surface area (Å²) in [6.07, 6.45) is 0.703. The van der Waals surface area contributed by atoms with Crippen molar-refractivity contribution < 1.29 is 19.0 Å². The van der Waals surface area contributed by atoms with Crippen LogP contribution in [0.5, 0.6) is 17.2 Å². The molecule has 1 heterocycles. The summed E-state index contributed by atoms with van der Waals surface area (Å²) in [6, 6.07) is 12.8.